The molecule has 0 aliphatic carbocycles. The van der Waals surface area contributed by atoms with Crippen LogP contribution in [-0.4, -0.2) is 52.9 Å². The molecule has 3 rings (SSSR count). The highest BCUT2D eigenvalue weighted by atomic mass is 16.6. The average molecular weight is 355 g/mol. The number of carbonyl (C=O) groups is 3. The molecule has 0 aromatic heterocycles. The summed E-state index contributed by atoms with van der Waals surface area (Å²) in [4.78, 5) is 39.0. The molecule has 0 unspecified atom stereocenters. The van der Waals surface area contributed by atoms with Crippen LogP contribution in [0.25, 0.3) is 0 Å². The zero-order valence-electron chi connectivity index (χ0n) is 14.9. The molecule has 2 fully saturated rings. The Labute approximate surface area is 152 Å². The number of imide groups is 1. The van der Waals surface area contributed by atoms with E-state index in [2.05, 4.69) is 6.07 Å². The summed E-state index contributed by atoms with van der Waals surface area (Å²) in [5.74, 6) is -0.823. The molecule has 26 heavy (non-hydrogen) atoms. The number of nitrogens with zero attached hydrogens (tertiary/aromatic N) is 3. The zero-order chi connectivity index (χ0) is 18.9. The van der Waals surface area contributed by atoms with Gasteiger partial charge in [-0.05, 0) is 32.3 Å². The summed E-state index contributed by atoms with van der Waals surface area (Å²) in [5.41, 5.74) is -0.889. The summed E-state index contributed by atoms with van der Waals surface area (Å²) in [7, 11) is 0. The van der Waals surface area contributed by atoms with Crippen molar-refractivity contribution in [1.29, 1.82) is 5.26 Å². The van der Waals surface area contributed by atoms with Crippen molar-refractivity contribution < 1.29 is 19.1 Å². The van der Waals surface area contributed by atoms with E-state index in [1.165, 1.54) is 13.8 Å². The topological polar surface area (TPSA) is 90.7 Å². The van der Waals surface area contributed by atoms with Crippen molar-refractivity contribution in [3.63, 3.8) is 0 Å². The maximum atomic E-state index is 12.5. The maximum absolute atomic E-state index is 12.5. The van der Waals surface area contributed by atoms with E-state index in [0.29, 0.717) is 25.9 Å². The van der Waals surface area contributed by atoms with E-state index in [1.54, 1.807) is 4.90 Å². The number of carbonyl (C=O) groups excluding carboxylic acids is 3. The molecule has 0 spiro atoms. The van der Waals surface area contributed by atoms with Gasteiger partial charge >= 0.3 is 6.09 Å². The van der Waals surface area contributed by atoms with Crippen LogP contribution in [-0.2, 0) is 19.7 Å². The van der Waals surface area contributed by atoms with Crippen LogP contribution in [0.3, 0.4) is 0 Å². The number of nitriles is 1. The monoisotopic (exact) mass is 355 g/mol. The van der Waals surface area contributed by atoms with Gasteiger partial charge in [-0.2, -0.15) is 5.26 Å². The largest absolute Gasteiger partial charge is 0.433 e. The highest BCUT2D eigenvalue weighted by Crippen LogP contribution is 2.35. The van der Waals surface area contributed by atoms with Gasteiger partial charge in [0.05, 0.1) is 11.5 Å². The maximum Gasteiger partial charge on any atom is 0.418 e. The summed E-state index contributed by atoms with van der Waals surface area (Å²) >= 11 is 0. The molecule has 136 valence electrons. The number of piperidine rings is 1. The van der Waals surface area contributed by atoms with Gasteiger partial charge in [-0.15, -0.1) is 0 Å². The Morgan fingerprint density at radius 2 is 1.81 bits per heavy atom. The van der Waals surface area contributed by atoms with E-state index in [1.807, 2.05) is 30.3 Å². The van der Waals surface area contributed by atoms with E-state index < -0.39 is 23.0 Å². The van der Waals surface area contributed by atoms with Gasteiger partial charge in [0.2, 0.25) is 5.91 Å². The lowest BCUT2D eigenvalue weighted by molar-refractivity contribution is -0.140. The lowest BCUT2D eigenvalue weighted by Gasteiger charge is -2.38. The van der Waals surface area contributed by atoms with Crippen LogP contribution >= 0.6 is 0 Å². The Bertz CT molecular complexity index is 774. The molecule has 0 atom stereocenters. The molecule has 0 N–H and O–H groups in total. The number of rotatable bonds is 3. The number of cyclic esters (lactones) is 1. The van der Waals surface area contributed by atoms with Crippen LogP contribution in [0.4, 0.5) is 4.79 Å². The number of benzene rings is 1. The Morgan fingerprint density at radius 1 is 1.19 bits per heavy atom. The number of amides is 3. The van der Waals surface area contributed by atoms with Gasteiger partial charge in [-0.3, -0.25) is 9.59 Å². The first-order valence-electron chi connectivity index (χ1n) is 8.59. The molecular weight excluding hydrogens is 334 g/mol. The van der Waals surface area contributed by atoms with E-state index in [4.69, 9.17) is 4.74 Å². The SMILES string of the molecule is CC1(C)OC(=O)N(CC(=O)N2CCC(C#N)(c3ccccc3)CC2)C1=O. The fourth-order valence-corrected chi connectivity index (χ4v) is 3.46. The standard InChI is InChI=1S/C19H21N3O4/c1-18(2)16(24)22(17(25)26-18)12-15(23)21-10-8-19(13-20,9-11-21)14-6-4-3-5-7-14/h3-7H,8-12H2,1-2H3. The third-order valence-electron chi connectivity index (χ3n) is 5.13. The number of likely N-dealkylation sites (tertiary alicyclic amines) is 1. The first-order valence-corrected chi connectivity index (χ1v) is 8.59. The summed E-state index contributed by atoms with van der Waals surface area (Å²) in [5, 5.41) is 9.71. The van der Waals surface area contributed by atoms with Gasteiger partial charge in [0, 0.05) is 13.1 Å². The average Bonchev–Trinajstić information content (AvgIpc) is 2.84. The van der Waals surface area contributed by atoms with Crippen LogP contribution in [0.5, 0.6) is 0 Å². The molecule has 2 saturated heterocycles. The predicted octanol–water partition coefficient (Wildman–Crippen LogP) is 1.83. The van der Waals surface area contributed by atoms with E-state index >= 15 is 0 Å². The molecule has 2 aliphatic heterocycles. The summed E-state index contributed by atoms with van der Waals surface area (Å²) in [6.07, 6.45) is 0.243. The van der Waals surface area contributed by atoms with Crippen LogP contribution < -0.4 is 0 Å². The van der Waals surface area contributed by atoms with Crippen LogP contribution in [0.1, 0.15) is 32.3 Å². The minimum Gasteiger partial charge on any atom is -0.433 e. The van der Waals surface area contributed by atoms with Crippen molar-refractivity contribution in [3.8, 4) is 6.07 Å². The Balaban J connectivity index is 1.65. The fourth-order valence-electron chi connectivity index (χ4n) is 3.46. The second-order valence-corrected chi connectivity index (χ2v) is 7.21. The number of ether oxygens (including phenoxy) is 1. The molecule has 7 nitrogen and oxygen atoms in total. The molecule has 0 bridgehead atoms. The minimum atomic E-state index is -1.23. The first kappa shape index (κ1) is 17.9. The van der Waals surface area contributed by atoms with Gasteiger partial charge in [0.1, 0.15) is 6.54 Å². The molecule has 7 heteroatoms. The Morgan fingerprint density at radius 3 is 2.31 bits per heavy atom. The molecule has 1 aromatic carbocycles. The fraction of sp³-hybridized carbons (Fsp3) is 0.474. The van der Waals surface area contributed by atoms with Crippen molar-refractivity contribution >= 4 is 17.9 Å². The van der Waals surface area contributed by atoms with Gasteiger partial charge in [-0.25, -0.2) is 9.69 Å². The number of hydrogen-bond donors (Lipinski definition) is 0. The molecule has 2 aliphatic rings. The van der Waals surface area contributed by atoms with Gasteiger partial charge in [0.15, 0.2) is 5.60 Å². The Kier molecular flexibility index (Phi) is 4.45. The molecular formula is C19H21N3O4. The van der Waals surface area contributed by atoms with E-state index in [-0.39, 0.29) is 12.5 Å². The molecule has 2 heterocycles. The van der Waals surface area contributed by atoms with Crippen LogP contribution in [0.15, 0.2) is 30.3 Å². The van der Waals surface area contributed by atoms with Crippen LogP contribution in [0, 0.1) is 11.3 Å². The summed E-state index contributed by atoms with van der Waals surface area (Å²) in [6.45, 7) is 3.48. The van der Waals surface area contributed by atoms with E-state index in [0.717, 1.165) is 10.5 Å². The van der Waals surface area contributed by atoms with Gasteiger partial charge in [-0.1, -0.05) is 30.3 Å². The quantitative estimate of drug-likeness (QED) is 0.825. The lowest BCUT2D eigenvalue weighted by Crippen LogP contribution is -2.49. The second-order valence-electron chi connectivity index (χ2n) is 7.21. The third-order valence-corrected chi connectivity index (χ3v) is 5.13. The van der Waals surface area contributed by atoms with Crippen LogP contribution in [0.2, 0.25) is 0 Å². The smallest absolute Gasteiger partial charge is 0.418 e. The van der Waals surface area contributed by atoms with Crippen molar-refractivity contribution in [3.05, 3.63) is 35.9 Å². The molecule has 1 aromatic rings. The second kappa shape index (κ2) is 6.45. The minimum absolute atomic E-state index is 0.312. The lowest BCUT2D eigenvalue weighted by atomic mass is 9.74. The number of hydrogen-bond acceptors (Lipinski definition) is 5. The van der Waals surface area contributed by atoms with Crippen molar-refractivity contribution in [2.24, 2.45) is 0 Å². The zero-order valence-corrected chi connectivity index (χ0v) is 14.9. The normalized spacial score (nSPS) is 21.3. The molecule has 0 radical (unpaired) electrons. The third kappa shape index (κ3) is 3.03. The first-order chi connectivity index (χ1) is 12.3. The van der Waals surface area contributed by atoms with Crippen molar-refractivity contribution in [2.75, 3.05) is 19.6 Å². The van der Waals surface area contributed by atoms with Crippen molar-refractivity contribution in [1.82, 2.24) is 9.80 Å². The summed E-state index contributed by atoms with van der Waals surface area (Å²) < 4.78 is 4.99. The molecule has 3 amide bonds. The predicted molar refractivity (Wildman–Crippen MR) is 91.8 cm³/mol. The van der Waals surface area contributed by atoms with E-state index in [9.17, 15) is 19.6 Å². The van der Waals surface area contributed by atoms with Crippen molar-refractivity contribution in [2.45, 2.75) is 37.7 Å². The highest BCUT2D eigenvalue weighted by molar-refractivity contribution is 6.04. The Hall–Kier alpha value is -2.88. The van der Waals surface area contributed by atoms with Gasteiger partial charge < -0.3 is 9.64 Å². The summed E-state index contributed by atoms with van der Waals surface area (Å²) in [6, 6.07) is 12.0. The highest BCUT2D eigenvalue weighted by Gasteiger charge is 2.48. The van der Waals surface area contributed by atoms with Gasteiger partial charge in [0.25, 0.3) is 5.91 Å². The molecule has 0 saturated carbocycles.